The van der Waals surface area contributed by atoms with Gasteiger partial charge in [-0.2, -0.15) is 0 Å². The Balaban J connectivity index is 1.74. The largest absolute Gasteiger partial charge is 0.469 e. The highest BCUT2D eigenvalue weighted by molar-refractivity contribution is 6.02. The highest BCUT2D eigenvalue weighted by Gasteiger charge is 2.43. The Hall–Kier alpha value is -3.68. The second-order valence-electron chi connectivity index (χ2n) is 7.02. The lowest BCUT2D eigenvalue weighted by Gasteiger charge is -2.32. The standard InChI is InChI=1S/C22H18O8/c1-25-21(23)14-5-12-7-17-18(30-10-29-17)8-13(12)19(20(14)22(24)26-2)11-3-4-15-16(6-11)28-9-27-15/h3-8,19-20H,9-10H2,1-2H3/t19-,20?/m0/s1. The van der Waals surface area contributed by atoms with E-state index in [1.165, 1.54) is 14.2 Å². The number of hydrogen-bond donors (Lipinski definition) is 0. The molecule has 0 N–H and O–H groups in total. The summed E-state index contributed by atoms with van der Waals surface area (Å²) in [4.78, 5) is 25.5. The van der Waals surface area contributed by atoms with Crippen molar-refractivity contribution in [3.05, 3.63) is 52.6 Å². The summed E-state index contributed by atoms with van der Waals surface area (Å²) in [7, 11) is 2.57. The summed E-state index contributed by atoms with van der Waals surface area (Å²) in [5.41, 5.74) is 2.52. The first-order valence-corrected chi connectivity index (χ1v) is 9.31. The van der Waals surface area contributed by atoms with E-state index in [1.807, 2.05) is 18.2 Å². The topological polar surface area (TPSA) is 89.5 Å². The van der Waals surface area contributed by atoms with E-state index in [0.717, 1.165) is 16.7 Å². The van der Waals surface area contributed by atoms with E-state index in [4.69, 9.17) is 28.4 Å². The molecule has 0 amide bonds. The third kappa shape index (κ3) is 2.75. The maximum atomic E-state index is 12.9. The summed E-state index contributed by atoms with van der Waals surface area (Å²) < 4.78 is 32.0. The van der Waals surface area contributed by atoms with Crippen molar-refractivity contribution >= 4 is 18.0 Å². The van der Waals surface area contributed by atoms with E-state index in [9.17, 15) is 9.59 Å². The number of carbonyl (C=O) groups excluding carboxylic acids is 2. The number of hydrogen-bond acceptors (Lipinski definition) is 8. The van der Waals surface area contributed by atoms with Crippen LogP contribution < -0.4 is 18.9 Å². The van der Waals surface area contributed by atoms with Crippen LogP contribution in [0.25, 0.3) is 6.08 Å². The summed E-state index contributed by atoms with van der Waals surface area (Å²) in [6.45, 7) is 0.243. The van der Waals surface area contributed by atoms with Crippen LogP contribution in [-0.2, 0) is 19.1 Å². The Morgan fingerprint density at radius 1 is 0.867 bits per heavy atom. The predicted molar refractivity (Wildman–Crippen MR) is 102 cm³/mol. The molecule has 0 radical (unpaired) electrons. The summed E-state index contributed by atoms with van der Waals surface area (Å²) in [6, 6.07) is 9.09. The molecule has 2 atom stereocenters. The summed E-state index contributed by atoms with van der Waals surface area (Å²) in [5, 5.41) is 0. The molecule has 5 rings (SSSR count). The zero-order valence-electron chi connectivity index (χ0n) is 16.3. The molecule has 0 saturated heterocycles. The molecule has 8 nitrogen and oxygen atoms in total. The molecule has 1 unspecified atom stereocenters. The van der Waals surface area contributed by atoms with Crippen molar-refractivity contribution in [2.45, 2.75) is 5.92 Å². The highest BCUT2D eigenvalue weighted by Crippen LogP contribution is 2.49. The minimum atomic E-state index is -0.907. The summed E-state index contributed by atoms with van der Waals surface area (Å²) in [6.07, 6.45) is 1.65. The van der Waals surface area contributed by atoms with Crippen molar-refractivity contribution in [3.63, 3.8) is 0 Å². The molecule has 0 spiro atoms. The fraction of sp³-hybridized carbons (Fsp3) is 0.273. The van der Waals surface area contributed by atoms with Gasteiger partial charge < -0.3 is 28.4 Å². The molecule has 0 fully saturated rings. The molecule has 2 heterocycles. The Labute approximate surface area is 171 Å². The molecule has 30 heavy (non-hydrogen) atoms. The fourth-order valence-electron chi connectivity index (χ4n) is 4.16. The number of fused-ring (bicyclic) bond motifs is 3. The highest BCUT2D eigenvalue weighted by atomic mass is 16.7. The number of benzene rings is 2. The minimum absolute atomic E-state index is 0.112. The van der Waals surface area contributed by atoms with E-state index in [2.05, 4.69) is 0 Å². The summed E-state index contributed by atoms with van der Waals surface area (Å²) >= 11 is 0. The number of carbonyl (C=O) groups is 2. The van der Waals surface area contributed by atoms with Gasteiger partial charge in [0, 0.05) is 5.92 Å². The number of ether oxygens (including phenoxy) is 6. The molecule has 0 bridgehead atoms. The van der Waals surface area contributed by atoms with Gasteiger partial charge in [0.05, 0.1) is 25.7 Å². The van der Waals surface area contributed by atoms with Gasteiger partial charge in [0.15, 0.2) is 23.0 Å². The first kappa shape index (κ1) is 18.4. The third-order valence-electron chi connectivity index (χ3n) is 5.52. The first-order chi connectivity index (χ1) is 14.6. The summed E-state index contributed by atoms with van der Waals surface area (Å²) in [5.74, 6) is -0.220. The van der Waals surface area contributed by atoms with E-state index < -0.39 is 23.8 Å². The van der Waals surface area contributed by atoms with Gasteiger partial charge in [-0.25, -0.2) is 4.79 Å². The van der Waals surface area contributed by atoms with Gasteiger partial charge in [0.1, 0.15) is 0 Å². The Morgan fingerprint density at radius 3 is 2.23 bits per heavy atom. The van der Waals surface area contributed by atoms with Crippen LogP contribution in [-0.4, -0.2) is 39.7 Å². The van der Waals surface area contributed by atoms with Crippen LogP contribution in [0.2, 0.25) is 0 Å². The maximum Gasteiger partial charge on any atom is 0.334 e. The number of rotatable bonds is 3. The Morgan fingerprint density at radius 2 is 1.53 bits per heavy atom. The molecule has 0 saturated carbocycles. The molecular weight excluding hydrogens is 392 g/mol. The van der Waals surface area contributed by atoms with E-state index >= 15 is 0 Å². The van der Waals surface area contributed by atoms with Crippen molar-refractivity contribution in [3.8, 4) is 23.0 Å². The van der Waals surface area contributed by atoms with Crippen LogP contribution in [0.1, 0.15) is 22.6 Å². The number of methoxy groups -OCH3 is 2. The lowest BCUT2D eigenvalue weighted by molar-refractivity contribution is -0.147. The van der Waals surface area contributed by atoms with Crippen LogP contribution in [0, 0.1) is 5.92 Å². The zero-order valence-corrected chi connectivity index (χ0v) is 16.3. The van der Waals surface area contributed by atoms with Crippen LogP contribution >= 0.6 is 0 Å². The third-order valence-corrected chi connectivity index (χ3v) is 5.52. The molecule has 2 aromatic rings. The minimum Gasteiger partial charge on any atom is -0.469 e. The lowest BCUT2D eigenvalue weighted by atomic mass is 9.71. The van der Waals surface area contributed by atoms with Gasteiger partial charge in [-0.3, -0.25) is 4.79 Å². The lowest BCUT2D eigenvalue weighted by Crippen LogP contribution is -2.32. The Bertz CT molecular complexity index is 1090. The number of esters is 2. The monoisotopic (exact) mass is 410 g/mol. The average molecular weight is 410 g/mol. The quantitative estimate of drug-likeness (QED) is 0.714. The first-order valence-electron chi connectivity index (χ1n) is 9.31. The zero-order chi connectivity index (χ0) is 20.8. The Kier molecular flexibility index (Phi) is 4.27. The van der Waals surface area contributed by atoms with Gasteiger partial charge in [0.25, 0.3) is 0 Å². The second-order valence-corrected chi connectivity index (χ2v) is 7.02. The molecule has 3 aliphatic rings. The molecular formula is C22H18O8. The predicted octanol–water partition coefficient (Wildman–Crippen LogP) is 2.64. The van der Waals surface area contributed by atoms with E-state index in [-0.39, 0.29) is 19.2 Å². The molecule has 1 aliphatic carbocycles. The molecule has 154 valence electrons. The van der Waals surface area contributed by atoms with Gasteiger partial charge >= 0.3 is 11.9 Å². The van der Waals surface area contributed by atoms with Gasteiger partial charge in [-0.15, -0.1) is 0 Å². The average Bonchev–Trinajstić information content (AvgIpc) is 3.43. The molecule has 8 heteroatoms. The fourth-order valence-corrected chi connectivity index (χ4v) is 4.16. The van der Waals surface area contributed by atoms with Crippen molar-refractivity contribution in [2.24, 2.45) is 5.92 Å². The van der Waals surface area contributed by atoms with Gasteiger partial charge in [0.2, 0.25) is 13.6 Å². The molecule has 0 aromatic heterocycles. The van der Waals surface area contributed by atoms with Crippen LogP contribution in [0.5, 0.6) is 23.0 Å². The SMILES string of the molecule is COC(=O)C1=Cc2cc3c(cc2[C@H](c2ccc4c(c2)OCO4)C1C(=O)OC)OCO3. The van der Waals surface area contributed by atoms with Gasteiger partial charge in [-0.1, -0.05) is 6.07 Å². The van der Waals surface area contributed by atoms with Crippen molar-refractivity contribution in [1.82, 2.24) is 0 Å². The normalized spacial score (nSPS) is 20.3. The van der Waals surface area contributed by atoms with E-state index in [1.54, 1.807) is 18.2 Å². The molecule has 2 aromatic carbocycles. The molecule has 2 aliphatic heterocycles. The smallest absolute Gasteiger partial charge is 0.334 e. The maximum absolute atomic E-state index is 12.9. The van der Waals surface area contributed by atoms with Crippen molar-refractivity contribution in [1.29, 1.82) is 0 Å². The van der Waals surface area contributed by atoms with Crippen LogP contribution in [0.4, 0.5) is 0 Å². The van der Waals surface area contributed by atoms with Crippen molar-refractivity contribution < 1.29 is 38.0 Å². The second kappa shape index (κ2) is 6.98. The van der Waals surface area contributed by atoms with Gasteiger partial charge in [-0.05, 0) is 47.0 Å². The van der Waals surface area contributed by atoms with Crippen molar-refractivity contribution in [2.75, 3.05) is 27.8 Å². The van der Waals surface area contributed by atoms with Crippen LogP contribution in [0.3, 0.4) is 0 Å². The van der Waals surface area contributed by atoms with E-state index in [0.29, 0.717) is 23.0 Å². The van der Waals surface area contributed by atoms with Crippen LogP contribution in [0.15, 0.2) is 35.9 Å².